The summed E-state index contributed by atoms with van der Waals surface area (Å²) < 4.78 is 0. The number of nitrogens with zero attached hydrogens (tertiary/aromatic N) is 1. The molecule has 0 spiro atoms. The molecule has 0 saturated carbocycles. The number of fused-ring (bicyclic) bond motifs is 1. The molecule has 5 heteroatoms. The van der Waals surface area contributed by atoms with Gasteiger partial charge in [-0.3, -0.25) is 14.9 Å². The van der Waals surface area contributed by atoms with Gasteiger partial charge in [0.05, 0.1) is 4.92 Å². The van der Waals surface area contributed by atoms with Crippen LogP contribution in [-0.4, -0.2) is 9.91 Å². The van der Waals surface area contributed by atoms with E-state index in [0.29, 0.717) is 10.9 Å². The SMILES string of the molecule is O=c1cc(-c2ccccc2)c2cccc([N+](=O)[O-])c2[nH]1. The summed E-state index contributed by atoms with van der Waals surface area (Å²) in [5.41, 5.74) is 1.34. The van der Waals surface area contributed by atoms with Gasteiger partial charge in [0.15, 0.2) is 0 Å². The second-order valence-electron chi connectivity index (χ2n) is 4.37. The number of benzene rings is 2. The first-order valence-electron chi connectivity index (χ1n) is 6.02. The zero-order chi connectivity index (χ0) is 14.1. The summed E-state index contributed by atoms with van der Waals surface area (Å²) in [6.07, 6.45) is 0. The molecular weight excluding hydrogens is 256 g/mol. The van der Waals surface area contributed by atoms with Crippen molar-refractivity contribution in [2.45, 2.75) is 0 Å². The van der Waals surface area contributed by atoms with Gasteiger partial charge in [0.25, 0.3) is 5.69 Å². The molecule has 1 N–H and O–H groups in total. The minimum absolute atomic E-state index is 0.0996. The Hall–Kier alpha value is -2.95. The molecule has 1 heterocycles. The Morgan fingerprint density at radius 1 is 1.00 bits per heavy atom. The van der Waals surface area contributed by atoms with E-state index in [1.165, 1.54) is 12.1 Å². The van der Waals surface area contributed by atoms with Crippen LogP contribution in [0, 0.1) is 10.1 Å². The van der Waals surface area contributed by atoms with E-state index in [1.54, 1.807) is 12.1 Å². The van der Waals surface area contributed by atoms with Gasteiger partial charge in [0.2, 0.25) is 5.56 Å². The maximum atomic E-state index is 11.8. The monoisotopic (exact) mass is 266 g/mol. The average Bonchev–Trinajstić information content (AvgIpc) is 2.46. The van der Waals surface area contributed by atoms with Crippen molar-refractivity contribution in [3.05, 3.63) is 75.1 Å². The Labute approximate surface area is 113 Å². The number of nitrogens with one attached hydrogen (secondary N) is 1. The van der Waals surface area contributed by atoms with Crippen molar-refractivity contribution in [1.82, 2.24) is 4.98 Å². The normalized spacial score (nSPS) is 10.6. The van der Waals surface area contributed by atoms with E-state index in [0.717, 1.165) is 5.56 Å². The Bertz CT molecular complexity index is 854. The van der Waals surface area contributed by atoms with Crippen molar-refractivity contribution in [1.29, 1.82) is 0 Å². The summed E-state index contributed by atoms with van der Waals surface area (Å²) in [6, 6.07) is 15.6. The third kappa shape index (κ3) is 1.95. The van der Waals surface area contributed by atoms with E-state index in [9.17, 15) is 14.9 Å². The first-order chi connectivity index (χ1) is 9.66. The number of pyridine rings is 1. The van der Waals surface area contributed by atoms with Crippen LogP contribution in [0.2, 0.25) is 0 Å². The maximum absolute atomic E-state index is 11.8. The molecule has 3 aromatic rings. The van der Waals surface area contributed by atoms with Crippen LogP contribution in [0.3, 0.4) is 0 Å². The van der Waals surface area contributed by atoms with Crippen LogP contribution in [0.25, 0.3) is 22.0 Å². The van der Waals surface area contributed by atoms with E-state index in [4.69, 9.17) is 0 Å². The number of aromatic nitrogens is 1. The van der Waals surface area contributed by atoms with E-state index in [2.05, 4.69) is 4.98 Å². The molecule has 0 aliphatic carbocycles. The Balaban J connectivity index is 2.43. The lowest BCUT2D eigenvalue weighted by molar-refractivity contribution is -0.383. The van der Waals surface area contributed by atoms with E-state index >= 15 is 0 Å². The topological polar surface area (TPSA) is 76.0 Å². The molecule has 3 rings (SSSR count). The van der Waals surface area contributed by atoms with Crippen LogP contribution in [0.15, 0.2) is 59.4 Å². The highest BCUT2D eigenvalue weighted by Gasteiger charge is 2.15. The summed E-state index contributed by atoms with van der Waals surface area (Å²) in [5.74, 6) is 0. The lowest BCUT2D eigenvalue weighted by Crippen LogP contribution is -2.06. The van der Waals surface area contributed by atoms with Crippen molar-refractivity contribution in [2.24, 2.45) is 0 Å². The Morgan fingerprint density at radius 2 is 1.75 bits per heavy atom. The maximum Gasteiger partial charge on any atom is 0.293 e. The third-order valence-electron chi connectivity index (χ3n) is 3.14. The standard InChI is InChI=1S/C15H10N2O3/c18-14-9-12(10-5-2-1-3-6-10)11-7-4-8-13(17(19)20)15(11)16-14/h1-9H,(H,16,18). The van der Waals surface area contributed by atoms with Gasteiger partial charge in [-0.1, -0.05) is 42.5 Å². The number of hydrogen-bond donors (Lipinski definition) is 1. The Kier molecular flexibility index (Phi) is 2.80. The summed E-state index contributed by atoms with van der Waals surface area (Å²) in [6.45, 7) is 0. The predicted octanol–water partition coefficient (Wildman–Crippen LogP) is 3.10. The third-order valence-corrected chi connectivity index (χ3v) is 3.14. The summed E-state index contributed by atoms with van der Waals surface area (Å²) in [4.78, 5) is 24.9. The molecule has 0 saturated heterocycles. The zero-order valence-electron chi connectivity index (χ0n) is 10.4. The fourth-order valence-electron chi connectivity index (χ4n) is 2.27. The highest BCUT2D eigenvalue weighted by Crippen LogP contribution is 2.30. The number of aromatic amines is 1. The molecule has 0 fully saturated rings. The van der Waals surface area contributed by atoms with Crippen molar-refractivity contribution >= 4 is 16.6 Å². The van der Waals surface area contributed by atoms with Gasteiger partial charge < -0.3 is 4.98 Å². The van der Waals surface area contributed by atoms with E-state index in [-0.39, 0.29) is 16.8 Å². The van der Waals surface area contributed by atoms with Crippen LogP contribution in [0.1, 0.15) is 0 Å². The van der Waals surface area contributed by atoms with E-state index in [1.807, 2.05) is 30.3 Å². The van der Waals surface area contributed by atoms with Crippen molar-refractivity contribution < 1.29 is 4.92 Å². The molecule has 98 valence electrons. The number of non-ortho nitro benzene ring substituents is 1. The van der Waals surface area contributed by atoms with Crippen molar-refractivity contribution in [3.8, 4) is 11.1 Å². The van der Waals surface area contributed by atoms with Crippen LogP contribution < -0.4 is 5.56 Å². The lowest BCUT2D eigenvalue weighted by atomic mass is 10.0. The highest BCUT2D eigenvalue weighted by molar-refractivity contribution is 5.98. The van der Waals surface area contributed by atoms with Crippen LogP contribution in [0.5, 0.6) is 0 Å². The molecule has 0 amide bonds. The van der Waals surface area contributed by atoms with Gasteiger partial charge in [0.1, 0.15) is 5.52 Å². The molecule has 0 unspecified atom stereocenters. The van der Waals surface area contributed by atoms with Gasteiger partial charge in [0, 0.05) is 17.5 Å². The first-order valence-corrected chi connectivity index (χ1v) is 6.02. The van der Waals surface area contributed by atoms with Crippen molar-refractivity contribution in [3.63, 3.8) is 0 Å². The van der Waals surface area contributed by atoms with Gasteiger partial charge in [-0.05, 0) is 11.1 Å². The Morgan fingerprint density at radius 3 is 2.45 bits per heavy atom. The summed E-state index contributed by atoms with van der Waals surface area (Å²) in [5, 5.41) is 11.7. The summed E-state index contributed by atoms with van der Waals surface area (Å²) >= 11 is 0. The predicted molar refractivity (Wildman–Crippen MR) is 76.7 cm³/mol. The molecule has 0 radical (unpaired) electrons. The molecule has 0 atom stereocenters. The van der Waals surface area contributed by atoms with E-state index < -0.39 is 4.92 Å². The molecule has 1 aromatic heterocycles. The number of H-pyrrole nitrogens is 1. The highest BCUT2D eigenvalue weighted by atomic mass is 16.6. The molecule has 0 bridgehead atoms. The largest absolute Gasteiger partial charge is 0.316 e. The lowest BCUT2D eigenvalue weighted by Gasteiger charge is -2.06. The number of nitro groups is 1. The number of para-hydroxylation sites is 1. The molecule has 5 nitrogen and oxygen atoms in total. The zero-order valence-corrected chi connectivity index (χ0v) is 10.4. The molecule has 0 aliphatic heterocycles. The van der Waals surface area contributed by atoms with Gasteiger partial charge >= 0.3 is 0 Å². The number of rotatable bonds is 2. The second-order valence-corrected chi connectivity index (χ2v) is 4.37. The fraction of sp³-hybridized carbons (Fsp3) is 0. The quantitative estimate of drug-likeness (QED) is 0.572. The molecule has 20 heavy (non-hydrogen) atoms. The summed E-state index contributed by atoms with van der Waals surface area (Å²) in [7, 11) is 0. The van der Waals surface area contributed by atoms with Gasteiger partial charge in [-0.15, -0.1) is 0 Å². The first kappa shape index (κ1) is 12.1. The van der Waals surface area contributed by atoms with Gasteiger partial charge in [-0.25, -0.2) is 0 Å². The van der Waals surface area contributed by atoms with Crippen LogP contribution in [-0.2, 0) is 0 Å². The smallest absolute Gasteiger partial charge is 0.293 e. The average molecular weight is 266 g/mol. The minimum atomic E-state index is -0.493. The second kappa shape index (κ2) is 4.62. The minimum Gasteiger partial charge on any atom is -0.316 e. The van der Waals surface area contributed by atoms with Crippen molar-refractivity contribution in [2.75, 3.05) is 0 Å². The number of hydrogen-bond acceptors (Lipinski definition) is 3. The van der Waals surface area contributed by atoms with Gasteiger partial charge in [-0.2, -0.15) is 0 Å². The van der Waals surface area contributed by atoms with Crippen LogP contribution >= 0.6 is 0 Å². The molecular formula is C15H10N2O3. The van der Waals surface area contributed by atoms with Crippen LogP contribution in [0.4, 0.5) is 5.69 Å². The molecule has 2 aromatic carbocycles. The fourth-order valence-corrected chi connectivity index (χ4v) is 2.27. The molecule has 0 aliphatic rings. The number of nitro benzene ring substituents is 1.